The molecule has 0 fully saturated rings. The minimum Gasteiger partial charge on any atom is -0.324 e. The number of halogens is 5. The molecule has 1 N–H and O–H groups in total. The molecule has 11 heteroatoms. The highest BCUT2D eigenvalue weighted by molar-refractivity contribution is 7.89. The van der Waals surface area contributed by atoms with Crippen molar-refractivity contribution in [3.63, 3.8) is 0 Å². The second kappa shape index (κ2) is 10.1. The third-order valence-electron chi connectivity index (χ3n) is 4.54. The van der Waals surface area contributed by atoms with Gasteiger partial charge in [-0.05, 0) is 48.0 Å². The Bertz CT molecular complexity index is 1240. The fourth-order valence-corrected chi connectivity index (χ4v) is 4.60. The quantitative estimate of drug-likeness (QED) is 0.428. The highest BCUT2D eigenvalue weighted by Crippen LogP contribution is 2.34. The lowest BCUT2D eigenvalue weighted by Gasteiger charge is -2.22. The molecule has 0 spiro atoms. The Hall–Kier alpha value is -2.59. The van der Waals surface area contributed by atoms with Gasteiger partial charge in [0.15, 0.2) is 0 Å². The predicted octanol–water partition coefficient (Wildman–Crippen LogP) is 5.84. The summed E-state index contributed by atoms with van der Waals surface area (Å²) in [5, 5.41) is 2.61. The Labute approximate surface area is 198 Å². The van der Waals surface area contributed by atoms with Crippen LogP contribution in [-0.4, -0.2) is 25.2 Å². The molecule has 0 aliphatic carbocycles. The van der Waals surface area contributed by atoms with Gasteiger partial charge in [-0.25, -0.2) is 8.42 Å². The number of rotatable bonds is 7. The van der Waals surface area contributed by atoms with E-state index < -0.39 is 34.2 Å². The number of benzene rings is 3. The number of sulfonamides is 1. The van der Waals surface area contributed by atoms with E-state index in [2.05, 4.69) is 5.32 Å². The van der Waals surface area contributed by atoms with Gasteiger partial charge in [0, 0.05) is 11.6 Å². The highest BCUT2D eigenvalue weighted by atomic mass is 35.5. The van der Waals surface area contributed by atoms with Crippen molar-refractivity contribution in [2.24, 2.45) is 0 Å². The molecular formula is C22H17Cl2F3N2O3S. The van der Waals surface area contributed by atoms with Gasteiger partial charge in [-0.1, -0.05) is 53.5 Å². The molecule has 1 amide bonds. The van der Waals surface area contributed by atoms with Crippen LogP contribution in [0.5, 0.6) is 0 Å². The minimum atomic E-state index is -4.64. The number of hydrogen-bond acceptors (Lipinski definition) is 3. The topological polar surface area (TPSA) is 66.5 Å². The van der Waals surface area contributed by atoms with Crippen molar-refractivity contribution < 1.29 is 26.4 Å². The molecule has 0 unspecified atom stereocenters. The molecule has 3 aromatic rings. The van der Waals surface area contributed by atoms with Gasteiger partial charge < -0.3 is 5.32 Å². The van der Waals surface area contributed by atoms with E-state index in [1.165, 1.54) is 24.3 Å². The zero-order valence-electron chi connectivity index (χ0n) is 16.8. The van der Waals surface area contributed by atoms with E-state index in [-0.39, 0.29) is 22.2 Å². The van der Waals surface area contributed by atoms with Crippen molar-refractivity contribution in [2.75, 3.05) is 11.9 Å². The number of nitrogens with one attached hydrogen (secondary N) is 1. The van der Waals surface area contributed by atoms with Gasteiger partial charge in [0.2, 0.25) is 15.9 Å². The van der Waals surface area contributed by atoms with E-state index in [0.29, 0.717) is 16.7 Å². The monoisotopic (exact) mass is 516 g/mol. The summed E-state index contributed by atoms with van der Waals surface area (Å²) in [4.78, 5) is 12.6. The summed E-state index contributed by atoms with van der Waals surface area (Å²) in [6.07, 6.45) is -4.64. The van der Waals surface area contributed by atoms with Crippen LogP contribution >= 0.6 is 23.2 Å². The molecule has 174 valence electrons. The van der Waals surface area contributed by atoms with Crippen LogP contribution in [0, 0.1) is 0 Å². The summed E-state index contributed by atoms with van der Waals surface area (Å²) < 4.78 is 66.3. The summed E-state index contributed by atoms with van der Waals surface area (Å²) in [7, 11) is -4.11. The van der Waals surface area contributed by atoms with E-state index in [4.69, 9.17) is 23.2 Å². The lowest BCUT2D eigenvalue weighted by atomic mass is 10.2. The average molecular weight is 517 g/mol. The first-order valence-electron chi connectivity index (χ1n) is 9.43. The van der Waals surface area contributed by atoms with E-state index in [9.17, 15) is 26.4 Å². The molecule has 0 atom stereocenters. The van der Waals surface area contributed by atoms with Crippen molar-refractivity contribution >= 4 is 44.8 Å². The molecule has 0 aromatic heterocycles. The van der Waals surface area contributed by atoms with Crippen LogP contribution in [0.2, 0.25) is 10.0 Å². The first-order valence-corrected chi connectivity index (χ1v) is 11.6. The molecule has 3 rings (SSSR count). The summed E-state index contributed by atoms with van der Waals surface area (Å²) in [6, 6.07) is 16.3. The minimum absolute atomic E-state index is 0.0381. The molecule has 0 saturated heterocycles. The highest BCUT2D eigenvalue weighted by Gasteiger charge is 2.31. The van der Waals surface area contributed by atoms with E-state index in [0.717, 1.165) is 16.4 Å². The lowest BCUT2D eigenvalue weighted by Crippen LogP contribution is -2.37. The standard InChI is InChI=1S/C22H17Cl2F3N2O3S/c23-17-9-6-15(7-10-17)13-29(33(31,32)18-4-2-1-3-5-18)14-21(30)28-20-12-16(22(25,26)27)8-11-19(20)24/h1-12H,13-14H2,(H,28,30). The van der Waals surface area contributed by atoms with Gasteiger partial charge >= 0.3 is 6.18 Å². The molecule has 0 aliphatic heterocycles. The van der Waals surface area contributed by atoms with Gasteiger partial charge in [-0.3, -0.25) is 4.79 Å². The Morgan fingerprint density at radius 2 is 1.58 bits per heavy atom. The van der Waals surface area contributed by atoms with Crippen molar-refractivity contribution in [3.8, 4) is 0 Å². The van der Waals surface area contributed by atoms with E-state index in [1.54, 1.807) is 30.3 Å². The first kappa shape index (κ1) is 25.0. The normalized spacial score (nSPS) is 12.1. The van der Waals surface area contributed by atoms with Crippen molar-refractivity contribution in [1.29, 1.82) is 0 Å². The molecule has 0 saturated carbocycles. The molecule has 0 radical (unpaired) electrons. The number of amides is 1. The fraction of sp³-hybridized carbons (Fsp3) is 0.136. The third-order valence-corrected chi connectivity index (χ3v) is 6.93. The molecule has 0 heterocycles. The van der Waals surface area contributed by atoms with Gasteiger partial charge in [0.25, 0.3) is 0 Å². The molecule has 5 nitrogen and oxygen atoms in total. The first-order chi connectivity index (χ1) is 15.5. The van der Waals surface area contributed by atoms with Crippen LogP contribution in [0.4, 0.5) is 18.9 Å². The molecule has 3 aromatic carbocycles. The van der Waals surface area contributed by atoms with Crippen molar-refractivity contribution in [1.82, 2.24) is 4.31 Å². The number of carbonyl (C=O) groups excluding carboxylic acids is 1. The number of nitrogens with zero attached hydrogens (tertiary/aromatic N) is 1. The summed E-state index contributed by atoms with van der Waals surface area (Å²) >= 11 is 11.8. The number of anilines is 1. The maximum atomic E-state index is 13.2. The Morgan fingerprint density at radius 1 is 0.939 bits per heavy atom. The Morgan fingerprint density at radius 3 is 2.18 bits per heavy atom. The molecular weight excluding hydrogens is 500 g/mol. The summed E-state index contributed by atoms with van der Waals surface area (Å²) in [6.45, 7) is -0.829. The van der Waals surface area contributed by atoms with E-state index in [1.807, 2.05) is 0 Å². The zero-order chi connectivity index (χ0) is 24.2. The van der Waals surface area contributed by atoms with Gasteiger partial charge in [-0.15, -0.1) is 0 Å². The predicted molar refractivity (Wildman–Crippen MR) is 121 cm³/mol. The van der Waals surface area contributed by atoms with Crippen LogP contribution in [0.15, 0.2) is 77.7 Å². The Balaban J connectivity index is 1.88. The zero-order valence-corrected chi connectivity index (χ0v) is 19.1. The molecule has 0 aliphatic rings. The van der Waals surface area contributed by atoms with Crippen molar-refractivity contribution in [3.05, 3.63) is 94.0 Å². The van der Waals surface area contributed by atoms with Crippen LogP contribution in [-0.2, 0) is 27.5 Å². The number of alkyl halides is 3. The van der Waals surface area contributed by atoms with E-state index >= 15 is 0 Å². The Kier molecular flexibility index (Phi) is 7.69. The van der Waals surface area contributed by atoms with Gasteiger partial charge in [-0.2, -0.15) is 17.5 Å². The third kappa shape index (κ3) is 6.48. The number of carbonyl (C=O) groups is 1. The second-order valence-corrected chi connectivity index (χ2v) is 9.73. The summed E-state index contributed by atoms with van der Waals surface area (Å²) in [5.74, 6) is -0.857. The van der Waals surface area contributed by atoms with Crippen LogP contribution < -0.4 is 5.32 Å². The maximum absolute atomic E-state index is 13.2. The lowest BCUT2D eigenvalue weighted by molar-refractivity contribution is -0.137. The summed E-state index contributed by atoms with van der Waals surface area (Å²) in [5.41, 5.74) is -0.721. The smallest absolute Gasteiger partial charge is 0.324 e. The average Bonchev–Trinajstić information content (AvgIpc) is 2.76. The fourth-order valence-electron chi connectivity index (χ4n) is 2.91. The van der Waals surface area contributed by atoms with Crippen LogP contribution in [0.1, 0.15) is 11.1 Å². The largest absolute Gasteiger partial charge is 0.416 e. The SMILES string of the molecule is O=C(CN(Cc1ccc(Cl)cc1)S(=O)(=O)c1ccccc1)Nc1cc(C(F)(F)F)ccc1Cl. The van der Waals surface area contributed by atoms with Gasteiger partial charge in [0.05, 0.1) is 27.7 Å². The van der Waals surface area contributed by atoms with Crippen molar-refractivity contribution in [2.45, 2.75) is 17.6 Å². The number of hydrogen-bond donors (Lipinski definition) is 1. The van der Waals surface area contributed by atoms with Crippen LogP contribution in [0.25, 0.3) is 0 Å². The maximum Gasteiger partial charge on any atom is 0.416 e. The molecule has 33 heavy (non-hydrogen) atoms. The van der Waals surface area contributed by atoms with Gasteiger partial charge in [0.1, 0.15) is 0 Å². The molecule has 0 bridgehead atoms. The van der Waals surface area contributed by atoms with Crippen LogP contribution in [0.3, 0.4) is 0 Å². The second-order valence-electron chi connectivity index (χ2n) is 6.95.